The highest BCUT2D eigenvalue weighted by Crippen LogP contribution is 2.23. The Kier molecular flexibility index (Phi) is 3.33. The lowest BCUT2D eigenvalue weighted by Crippen LogP contribution is -2.01. The van der Waals surface area contributed by atoms with Crippen LogP contribution in [0.25, 0.3) is 0 Å². The predicted molar refractivity (Wildman–Crippen MR) is 66.6 cm³/mol. The Hall–Kier alpha value is -2.28. The second-order valence-electron chi connectivity index (χ2n) is 3.51. The van der Waals surface area contributed by atoms with E-state index in [0.717, 1.165) is 11.5 Å². The minimum absolute atomic E-state index is 0.0211. The quantitative estimate of drug-likeness (QED) is 0.821. The van der Waals surface area contributed by atoms with Gasteiger partial charge < -0.3 is 10.4 Å². The van der Waals surface area contributed by atoms with Gasteiger partial charge >= 0.3 is 5.97 Å². The fourth-order valence-corrected chi connectivity index (χ4v) is 1.91. The summed E-state index contributed by atoms with van der Waals surface area (Å²) in [5.74, 6) is -1.15. The van der Waals surface area contributed by atoms with E-state index in [2.05, 4.69) is 14.9 Å². The van der Waals surface area contributed by atoms with Crippen LogP contribution in [-0.4, -0.2) is 26.4 Å². The Morgan fingerprint density at radius 3 is 2.50 bits per heavy atom. The van der Waals surface area contributed by atoms with Crippen LogP contribution in [0.1, 0.15) is 27.8 Å². The first-order chi connectivity index (χ1) is 8.58. The summed E-state index contributed by atoms with van der Waals surface area (Å²) in [6.45, 7) is 1.48. The van der Waals surface area contributed by atoms with Crippen LogP contribution in [0.4, 0.5) is 10.7 Å². The van der Waals surface area contributed by atoms with Crippen molar-refractivity contribution >= 4 is 34.0 Å². The maximum Gasteiger partial charge on any atom is 0.359 e. The van der Waals surface area contributed by atoms with E-state index in [1.807, 2.05) is 0 Å². The predicted octanol–water partition coefficient (Wildman–Crippen LogP) is 2.18. The highest BCUT2D eigenvalue weighted by atomic mass is 32.1. The van der Waals surface area contributed by atoms with Crippen molar-refractivity contribution in [3.8, 4) is 0 Å². The molecule has 0 radical (unpaired) electrons. The van der Waals surface area contributed by atoms with Gasteiger partial charge in [0.1, 0.15) is 5.00 Å². The van der Waals surface area contributed by atoms with Crippen molar-refractivity contribution in [2.75, 3.05) is 5.32 Å². The van der Waals surface area contributed by atoms with Crippen molar-refractivity contribution in [2.24, 2.45) is 0 Å². The van der Waals surface area contributed by atoms with E-state index in [1.54, 1.807) is 24.3 Å². The summed E-state index contributed by atoms with van der Waals surface area (Å²) in [4.78, 5) is 21.9. The summed E-state index contributed by atoms with van der Waals surface area (Å²) in [5.41, 5.74) is 1.16. The van der Waals surface area contributed by atoms with Crippen LogP contribution in [0.2, 0.25) is 0 Å². The average Bonchev–Trinajstić information content (AvgIpc) is 2.78. The maximum absolute atomic E-state index is 11.1. The molecule has 0 spiro atoms. The number of aromatic carboxylic acids is 1. The number of anilines is 2. The van der Waals surface area contributed by atoms with E-state index in [1.165, 1.54) is 6.92 Å². The Balaban J connectivity index is 2.21. The molecular formula is C11H9N3O3S. The van der Waals surface area contributed by atoms with Gasteiger partial charge in [-0.1, -0.05) is 4.49 Å². The molecule has 2 N–H and O–H groups in total. The number of carbonyl (C=O) groups excluding carboxylic acids is 1. The Morgan fingerprint density at radius 1 is 1.28 bits per heavy atom. The molecule has 18 heavy (non-hydrogen) atoms. The minimum atomic E-state index is -1.13. The van der Waals surface area contributed by atoms with Gasteiger partial charge in [0.05, 0.1) is 0 Å². The normalized spacial score (nSPS) is 10.1. The van der Waals surface area contributed by atoms with E-state index in [4.69, 9.17) is 5.11 Å². The second-order valence-corrected chi connectivity index (χ2v) is 4.27. The molecule has 7 heteroatoms. The van der Waals surface area contributed by atoms with Crippen LogP contribution in [0.5, 0.6) is 0 Å². The number of nitrogens with one attached hydrogen (secondary N) is 1. The second kappa shape index (κ2) is 4.92. The topological polar surface area (TPSA) is 92.2 Å². The van der Waals surface area contributed by atoms with E-state index < -0.39 is 5.97 Å². The summed E-state index contributed by atoms with van der Waals surface area (Å²) in [5, 5.41) is 15.6. The van der Waals surface area contributed by atoms with Crippen LogP contribution in [0.15, 0.2) is 24.3 Å². The number of benzene rings is 1. The van der Waals surface area contributed by atoms with Crippen LogP contribution in [0.3, 0.4) is 0 Å². The molecule has 2 aromatic rings. The van der Waals surface area contributed by atoms with Crippen molar-refractivity contribution in [1.29, 1.82) is 0 Å². The van der Waals surface area contributed by atoms with Crippen LogP contribution >= 0.6 is 11.5 Å². The number of ketones is 1. The molecule has 0 aliphatic heterocycles. The Morgan fingerprint density at radius 2 is 1.94 bits per heavy atom. The third kappa shape index (κ3) is 2.51. The van der Waals surface area contributed by atoms with Crippen molar-refractivity contribution < 1.29 is 14.7 Å². The fourth-order valence-electron chi connectivity index (χ4n) is 1.33. The molecule has 1 aromatic heterocycles. The summed E-state index contributed by atoms with van der Waals surface area (Å²) in [6.07, 6.45) is 0. The monoisotopic (exact) mass is 263 g/mol. The van der Waals surface area contributed by atoms with Gasteiger partial charge in [0.25, 0.3) is 0 Å². The third-order valence-electron chi connectivity index (χ3n) is 2.24. The van der Waals surface area contributed by atoms with Crippen LogP contribution in [-0.2, 0) is 0 Å². The maximum atomic E-state index is 11.1. The number of carbonyl (C=O) groups is 2. The lowest BCUT2D eigenvalue weighted by molar-refractivity contribution is 0.0691. The molecule has 0 saturated carbocycles. The zero-order valence-corrected chi connectivity index (χ0v) is 10.2. The van der Waals surface area contributed by atoms with Crippen LogP contribution < -0.4 is 5.32 Å². The number of carboxylic acid groups (broad SMARTS) is 1. The molecule has 0 bridgehead atoms. The lowest BCUT2D eigenvalue weighted by atomic mass is 10.1. The summed E-state index contributed by atoms with van der Waals surface area (Å²) >= 11 is 0.963. The van der Waals surface area contributed by atoms with Crippen molar-refractivity contribution in [2.45, 2.75) is 6.92 Å². The van der Waals surface area contributed by atoms with E-state index >= 15 is 0 Å². The number of Topliss-reactive ketones (excluding diaryl/α,β-unsaturated/α-hetero) is 1. The Labute approximate surface area is 106 Å². The molecule has 1 aromatic carbocycles. The lowest BCUT2D eigenvalue weighted by Gasteiger charge is -2.04. The number of rotatable bonds is 4. The zero-order valence-electron chi connectivity index (χ0n) is 9.38. The molecule has 6 nitrogen and oxygen atoms in total. The molecule has 0 saturated heterocycles. The van der Waals surface area contributed by atoms with E-state index in [9.17, 15) is 9.59 Å². The molecule has 92 valence electrons. The standard InChI is InChI=1S/C11H9N3O3S/c1-6(15)7-2-4-8(5-3-7)12-10-9(11(16)17)13-14-18-10/h2-5,12H,1H3,(H,16,17). The van der Waals surface area contributed by atoms with Crippen LogP contribution in [0, 0.1) is 0 Å². The SMILES string of the molecule is CC(=O)c1ccc(Nc2snnc2C(=O)O)cc1. The Bertz CT molecular complexity index is 592. The molecular weight excluding hydrogens is 254 g/mol. The largest absolute Gasteiger partial charge is 0.476 e. The molecule has 0 aliphatic rings. The van der Waals surface area contributed by atoms with Gasteiger partial charge in [0, 0.05) is 22.8 Å². The fraction of sp³-hybridized carbons (Fsp3) is 0.0909. The highest BCUT2D eigenvalue weighted by Gasteiger charge is 2.15. The van der Waals surface area contributed by atoms with Gasteiger partial charge in [0.15, 0.2) is 5.78 Å². The zero-order chi connectivity index (χ0) is 13.1. The molecule has 0 aliphatic carbocycles. The molecule has 0 amide bonds. The minimum Gasteiger partial charge on any atom is -0.476 e. The van der Waals surface area contributed by atoms with Gasteiger partial charge in [-0.3, -0.25) is 4.79 Å². The molecule has 2 rings (SSSR count). The van der Waals surface area contributed by atoms with Gasteiger partial charge in [-0.2, -0.15) is 0 Å². The molecule has 1 heterocycles. The van der Waals surface area contributed by atoms with Crippen molar-refractivity contribution in [1.82, 2.24) is 9.59 Å². The number of nitrogens with zero attached hydrogens (tertiary/aromatic N) is 2. The average molecular weight is 263 g/mol. The smallest absolute Gasteiger partial charge is 0.359 e. The summed E-state index contributed by atoms with van der Waals surface area (Å²) < 4.78 is 3.58. The number of aromatic nitrogens is 2. The first kappa shape index (κ1) is 12.2. The first-order valence-corrected chi connectivity index (χ1v) is 5.79. The number of carboxylic acids is 1. The highest BCUT2D eigenvalue weighted by molar-refractivity contribution is 7.10. The van der Waals surface area contributed by atoms with E-state index in [-0.39, 0.29) is 11.5 Å². The van der Waals surface area contributed by atoms with Crippen molar-refractivity contribution in [3.63, 3.8) is 0 Å². The number of hydrogen-bond donors (Lipinski definition) is 2. The molecule has 0 unspecified atom stereocenters. The van der Waals surface area contributed by atoms with E-state index in [0.29, 0.717) is 16.3 Å². The van der Waals surface area contributed by atoms with Gasteiger partial charge in [-0.25, -0.2) is 4.79 Å². The van der Waals surface area contributed by atoms with Gasteiger partial charge in [-0.05, 0) is 31.2 Å². The summed E-state index contributed by atoms with van der Waals surface area (Å²) in [6, 6.07) is 6.73. The summed E-state index contributed by atoms with van der Waals surface area (Å²) in [7, 11) is 0. The van der Waals surface area contributed by atoms with Gasteiger partial charge in [0.2, 0.25) is 5.69 Å². The number of hydrogen-bond acceptors (Lipinski definition) is 6. The first-order valence-electron chi connectivity index (χ1n) is 5.01. The molecule has 0 atom stereocenters. The van der Waals surface area contributed by atoms with Gasteiger partial charge in [-0.15, -0.1) is 5.10 Å². The third-order valence-corrected chi connectivity index (χ3v) is 2.88. The molecule has 0 fully saturated rings. The van der Waals surface area contributed by atoms with Crippen molar-refractivity contribution in [3.05, 3.63) is 35.5 Å².